The van der Waals surface area contributed by atoms with Gasteiger partial charge in [-0.1, -0.05) is 36.4 Å². The van der Waals surface area contributed by atoms with E-state index in [-0.39, 0.29) is 12.1 Å². The van der Waals surface area contributed by atoms with E-state index in [9.17, 15) is 4.79 Å². The van der Waals surface area contributed by atoms with Crippen molar-refractivity contribution in [2.45, 2.75) is 13.2 Å². The Labute approximate surface area is 203 Å². The summed E-state index contributed by atoms with van der Waals surface area (Å²) < 4.78 is 17.1. The second-order valence-electron chi connectivity index (χ2n) is 7.72. The lowest BCUT2D eigenvalue weighted by molar-refractivity contribution is -0.111. The number of aromatic nitrogens is 2. The second kappa shape index (κ2) is 11.7. The van der Waals surface area contributed by atoms with E-state index in [1.165, 1.54) is 6.08 Å². The summed E-state index contributed by atoms with van der Waals surface area (Å²) in [5.74, 6) is 1.64. The van der Waals surface area contributed by atoms with Crippen molar-refractivity contribution < 1.29 is 19.0 Å². The Morgan fingerprint density at radius 1 is 1.06 bits per heavy atom. The predicted octanol–water partition coefficient (Wildman–Crippen LogP) is 4.62. The molecule has 8 heteroatoms. The molecule has 180 valence electrons. The molecule has 0 aliphatic rings. The number of rotatable bonds is 11. The fourth-order valence-electron chi connectivity index (χ4n) is 3.48. The van der Waals surface area contributed by atoms with E-state index in [2.05, 4.69) is 20.8 Å². The van der Waals surface area contributed by atoms with Crippen LogP contribution in [-0.2, 0) is 4.79 Å². The van der Waals surface area contributed by atoms with Gasteiger partial charge in [0.05, 0.1) is 18.3 Å². The predicted molar refractivity (Wildman–Crippen MR) is 137 cm³/mol. The minimum Gasteiger partial charge on any atom is -0.493 e. The number of anilines is 1. The third kappa shape index (κ3) is 6.61. The summed E-state index contributed by atoms with van der Waals surface area (Å²) in [6.07, 6.45) is 2.97. The van der Waals surface area contributed by atoms with E-state index in [0.29, 0.717) is 36.0 Å². The molecule has 4 rings (SSSR count). The van der Waals surface area contributed by atoms with Crippen molar-refractivity contribution in [3.63, 3.8) is 0 Å². The average molecular weight is 473 g/mol. The van der Waals surface area contributed by atoms with Gasteiger partial charge in [0.2, 0.25) is 5.91 Å². The van der Waals surface area contributed by atoms with E-state index in [4.69, 9.17) is 14.2 Å². The van der Waals surface area contributed by atoms with Gasteiger partial charge in [-0.3, -0.25) is 15.2 Å². The van der Waals surface area contributed by atoms with Gasteiger partial charge in [0.1, 0.15) is 18.6 Å². The topological polar surface area (TPSA) is 97.5 Å². The van der Waals surface area contributed by atoms with Crippen LogP contribution in [0.25, 0.3) is 17.0 Å². The Hall–Kier alpha value is -4.30. The number of nitrogens with one attached hydrogen (secondary N) is 3. The van der Waals surface area contributed by atoms with Crippen LogP contribution in [0.2, 0.25) is 0 Å². The molecule has 4 aromatic rings. The molecule has 0 aliphatic heterocycles. The summed E-state index contributed by atoms with van der Waals surface area (Å²) in [7, 11) is 1.56. The van der Waals surface area contributed by atoms with Crippen LogP contribution in [0.4, 0.5) is 5.69 Å². The van der Waals surface area contributed by atoms with E-state index in [1.807, 2.05) is 61.5 Å². The molecule has 0 aliphatic carbocycles. The number of H-pyrrole nitrogens is 1. The van der Waals surface area contributed by atoms with Gasteiger partial charge in [0.25, 0.3) is 0 Å². The van der Waals surface area contributed by atoms with Crippen LogP contribution in [0, 0.1) is 0 Å². The van der Waals surface area contributed by atoms with Gasteiger partial charge in [-0.2, -0.15) is 5.10 Å². The first kappa shape index (κ1) is 23.8. The summed E-state index contributed by atoms with van der Waals surface area (Å²) in [4.78, 5) is 12.4. The number of hydrogen-bond acceptors (Lipinski definition) is 6. The monoisotopic (exact) mass is 472 g/mol. The number of amides is 1. The Morgan fingerprint density at radius 2 is 1.86 bits per heavy atom. The van der Waals surface area contributed by atoms with Crippen LogP contribution < -0.4 is 24.8 Å². The van der Waals surface area contributed by atoms with Gasteiger partial charge in [-0.15, -0.1) is 0 Å². The molecule has 1 unspecified atom stereocenters. The van der Waals surface area contributed by atoms with Gasteiger partial charge >= 0.3 is 0 Å². The minimum atomic E-state index is -0.274. The van der Waals surface area contributed by atoms with Gasteiger partial charge in [-0.25, -0.2) is 0 Å². The molecule has 8 nitrogen and oxygen atoms in total. The summed E-state index contributed by atoms with van der Waals surface area (Å²) in [5, 5.41) is 14.2. The molecule has 0 saturated heterocycles. The zero-order chi connectivity index (χ0) is 24.5. The molecule has 1 heterocycles. The number of hydrogen-bond donors (Lipinski definition) is 3. The quantitative estimate of drug-likeness (QED) is 0.167. The number of fused-ring (bicyclic) bond motifs is 1. The van der Waals surface area contributed by atoms with Crippen molar-refractivity contribution in [3.05, 3.63) is 84.6 Å². The first-order valence-corrected chi connectivity index (χ1v) is 11.3. The van der Waals surface area contributed by atoms with E-state index >= 15 is 0 Å². The standard InChI is InChI=1S/C27H28N4O4/c1-19(35-21-8-4-3-5-9-21)28-16-17-34-25-14-12-20(18-26(25)33-2)29-27(32)15-13-24-22-10-6-7-11-23(22)30-31-24/h3-15,18-19,28H,16-17H2,1-2H3,(H,29,32)(H,30,31)/b15-13+. The number of para-hydroxylation sites is 2. The third-order valence-electron chi connectivity index (χ3n) is 5.17. The average Bonchev–Trinajstić information content (AvgIpc) is 3.29. The molecule has 1 atom stereocenters. The Balaban J connectivity index is 1.27. The molecule has 1 aromatic heterocycles. The highest BCUT2D eigenvalue weighted by Gasteiger charge is 2.09. The molecule has 0 saturated carbocycles. The number of carbonyl (C=O) groups excluding carboxylic acids is 1. The van der Waals surface area contributed by atoms with Crippen molar-refractivity contribution >= 4 is 28.6 Å². The largest absolute Gasteiger partial charge is 0.493 e. The molecular weight excluding hydrogens is 444 g/mol. The molecule has 0 spiro atoms. The molecule has 35 heavy (non-hydrogen) atoms. The number of aromatic amines is 1. The molecule has 0 radical (unpaired) electrons. The Bertz CT molecular complexity index is 1290. The van der Waals surface area contributed by atoms with Crippen LogP contribution in [0.3, 0.4) is 0 Å². The van der Waals surface area contributed by atoms with Crippen molar-refractivity contribution in [1.82, 2.24) is 15.5 Å². The molecule has 0 bridgehead atoms. The molecule has 0 fully saturated rings. The van der Waals surface area contributed by atoms with Crippen molar-refractivity contribution in [2.75, 3.05) is 25.6 Å². The zero-order valence-corrected chi connectivity index (χ0v) is 19.7. The lowest BCUT2D eigenvalue weighted by atomic mass is 10.2. The fraction of sp³-hybridized carbons (Fsp3) is 0.185. The summed E-state index contributed by atoms with van der Waals surface area (Å²) in [6.45, 7) is 2.95. The van der Waals surface area contributed by atoms with Crippen LogP contribution in [-0.4, -0.2) is 42.6 Å². The third-order valence-corrected chi connectivity index (χ3v) is 5.17. The van der Waals surface area contributed by atoms with Crippen LogP contribution in [0.15, 0.2) is 78.9 Å². The highest BCUT2D eigenvalue weighted by molar-refractivity contribution is 6.03. The zero-order valence-electron chi connectivity index (χ0n) is 19.7. The SMILES string of the molecule is COc1cc(NC(=O)/C=C/c2n[nH]c3ccccc23)ccc1OCCNC(C)Oc1ccccc1. The normalized spacial score (nSPS) is 11.9. The molecular formula is C27H28N4O4. The minimum absolute atomic E-state index is 0.159. The smallest absolute Gasteiger partial charge is 0.248 e. The Morgan fingerprint density at radius 3 is 2.69 bits per heavy atom. The second-order valence-corrected chi connectivity index (χ2v) is 7.72. The van der Waals surface area contributed by atoms with Gasteiger partial charge in [0.15, 0.2) is 11.5 Å². The fourth-order valence-corrected chi connectivity index (χ4v) is 3.48. The summed E-state index contributed by atoms with van der Waals surface area (Å²) >= 11 is 0. The molecule has 1 amide bonds. The van der Waals surface area contributed by atoms with E-state index < -0.39 is 0 Å². The lowest BCUT2D eigenvalue weighted by Gasteiger charge is -2.17. The highest BCUT2D eigenvalue weighted by Crippen LogP contribution is 2.30. The van der Waals surface area contributed by atoms with Crippen molar-refractivity contribution in [3.8, 4) is 17.2 Å². The van der Waals surface area contributed by atoms with E-state index in [1.54, 1.807) is 31.4 Å². The highest BCUT2D eigenvalue weighted by atomic mass is 16.5. The van der Waals surface area contributed by atoms with Crippen molar-refractivity contribution in [1.29, 1.82) is 0 Å². The first-order chi connectivity index (χ1) is 17.1. The van der Waals surface area contributed by atoms with E-state index in [0.717, 1.165) is 16.7 Å². The molecule has 3 aromatic carbocycles. The number of ether oxygens (including phenoxy) is 3. The molecule has 3 N–H and O–H groups in total. The van der Waals surface area contributed by atoms with Crippen LogP contribution in [0.5, 0.6) is 17.2 Å². The van der Waals surface area contributed by atoms with Gasteiger partial charge in [0, 0.05) is 29.8 Å². The van der Waals surface area contributed by atoms with Crippen LogP contribution in [0.1, 0.15) is 12.6 Å². The maximum absolute atomic E-state index is 12.4. The maximum atomic E-state index is 12.4. The maximum Gasteiger partial charge on any atom is 0.248 e. The Kier molecular flexibility index (Phi) is 7.98. The number of methoxy groups -OCH3 is 1. The van der Waals surface area contributed by atoms with Gasteiger partial charge in [-0.05, 0) is 43.3 Å². The van der Waals surface area contributed by atoms with Crippen molar-refractivity contribution in [2.24, 2.45) is 0 Å². The first-order valence-electron chi connectivity index (χ1n) is 11.3. The number of nitrogens with zero attached hydrogens (tertiary/aromatic N) is 1. The van der Waals surface area contributed by atoms with Crippen LogP contribution >= 0.6 is 0 Å². The number of benzene rings is 3. The lowest BCUT2D eigenvalue weighted by Crippen LogP contribution is -2.34. The summed E-state index contributed by atoms with van der Waals surface area (Å²) in [5.41, 5.74) is 2.22. The summed E-state index contributed by atoms with van der Waals surface area (Å²) in [6, 6.07) is 22.6. The van der Waals surface area contributed by atoms with Gasteiger partial charge < -0.3 is 19.5 Å². The number of carbonyl (C=O) groups is 1.